The van der Waals surface area contributed by atoms with Gasteiger partial charge in [-0.25, -0.2) is 9.18 Å². The Morgan fingerprint density at radius 2 is 1.90 bits per heavy atom. The van der Waals surface area contributed by atoms with Crippen molar-refractivity contribution >= 4 is 35.4 Å². The lowest BCUT2D eigenvalue weighted by Gasteiger charge is -2.06. The summed E-state index contributed by atoms with van der Waals surface area (Å²) >= 11 is 1.21. The first kappa shape index (κ1) is 22.2. The van der Waals surface area contributed by atoms with E-state index in [4.69, 9.17) is 4.74 Å². The van der Waals surface area contributed by atoms with E-state index < -0.39 is 5.97 Å². The minimum Gasteiger partial charge on any atom is -0.463 e. The van der Waals surface area contributed by atoms with Gasteiger partial charge in [0, 0.05) is 18.8 Å². The minimum atomic E-state index is -0.404. The summed E-state index contributed by atoms with van der Waals surface area (Å²) in [7, 11) is 1.73. The number of hydrogen-bond acceptors (Lipinski definition) is 6. The Kier molecular flexibility index (Phi) is 7.55. The molecule has 0 aliphatic rings. The third-order valence-corrected chi connectivity index (χ3v) is 5.20. The summed E-state index contributed by atoms with van der Waals surface area (Å²) in [6.45, 7) is 2.07. The molecule has 3 aromatic rings. The molecule has 1 heterocycles. The Morgan fingerprint density at radius 3 is 2.61 bits per heavy atom. The molecule has 0 saturated heterocycles. The molecule has 1 N–H and O–H groups in total. The summed E-state index contributed by atoms with van der Waals surface area (Å²) in [6, 6.07) is 13.4. The van der Waals surface area contributed by atoms with Gasteiger partial charge in [-0.3, -0.25) is 4.79 Å². The average Bonchev–Trinajstić information content (AvgIpc) is 3.12. The number of aromatic nitrogens is 3. The monoisotopic (exact) mass is 440 g/mol. The Bertz CT molecular complexity index is 1100. The molecule has 0 radical (unpaired) electrons. The van der Waals surface area contributed by atoms with Crippen LogP contribution in [0.15, 0.2) is 59.8 Å². The Morgan fingerprint density at radius 1 is 1.16 bits per heavy atom. The molecule has 0 spiro atoms. The van der Waals surface area contributed by atoms with Crippen LogP contribution in [-0.4, -0.2) is 39.0 Å². The Balaban J connectivity index is 1.55. The van der Waals surface area contributed by atoms with Crippen LogP contribution in [0.25, 0.3) is 17.5 Å². The summed E-state index contributed by atoms with van der Waals surface area (Å²) < 4.78 is 20.5. The third-order valence-electron chi connectivity index (χ3n) is 4.17. The van der Waals surface area contributed by atoms with Crippen LogP contribution < -0.4 is 5.32 Å². The van der Waals surface area contributed by atoms with Crippen molar-refractivity contribution in [1.82, 2.24) is 14.8 Å². The van der Waals surface area contributed by atoms with Gasteiger partial charge in [0.1, 0.15) is 5.82 Å². The van der Waals surface area contributed by atoms with Crippen molar-refractivity contribution in [2.75, 3.05) is 17.7 Å². The molecule has 31 heavy (non-hydrogen) atoms. The zero-order valence-corrected chi connectivity index (χ0v) is 17.9. The van der Waals surface area contributed by atoms with Gasteiger partial charge in [-0.05, 0) is 42.8 Å². The molecule has 9 heteroatoms. The molecule has 2 aromatic carbocycles. The highest BCUT2D eigenvalue weighted by molar-refractivity contribution is 7.99. The van der Waals surface area contributed by atoms with Crippen molar-refractivity contribution in [2.24, 2.45) is 7.05 Å². The number of ether oxygens (including phenoxy) is 1. The number of rotatable bonds is 8. The van der Waals surface area contributed by atoms with Crippen LogP contribution in [-0.2, 0) is 21.4 Å². The number of carbonyl (C=O) groups excluding carboxylic acids is 2. The number of hydrogen-bond donors (Lipinski definition) is 1. The topological polar surface area (TPSA) is 86.1 Å². The first-order valence-corrected chi connectivity index (χ1v) is 10.5. The van der Waals surface area contributed by atoms with Crippen LogP contribution in [0.1, 0.15) is 12.5 Å². The number of esters is 1. The van der Waals surface area contributed by atoms with Gasteiger partial charge >= 0.3 is 5.97 Å². The normalized spacial score (nSPS) is 10.9. The fourth-order valence-electron chi connectivity index (χ4n) is 2.68. The molecular weight excluding hydrogens is 419 g/mol. The van der Waals surface area contributed by atoms with Crippen molar-refractivity contribution < 1.29 is 18.7 Å². The van der Waals surface area contributed by atoms with E-state index in [0.29, 0.717) is 28.8 Å². The summed E-state index contributed by atoms with van der Waals surface area (Å²) in [5, 5.41) is 11.4. The molecule has 0 aliphatic heterocycles. The fourth-order valence-corrected chi connectivity index (χ4v) is 3.39. The predicted molar refractivity (Wildman–Crippen MR) is 118 cm³/mol. The van der Waals surface area contributed by atoms with Gasteiger partial charge < -0.3 is 14.6 Å². The van der Waals surface area contributed by atoms with Gasteiger partial charge in [0.05, 0.1) is 17.9 Å². The second-order valence-electron chi connectivity index (χ2n) is 6.39. The standard InChI is InChI=1S/C22H21FN4O3S/c1-3-30-20(29)13-10-15-8-11-16(12-9-15)24-19(28)14-31-22-26-25-21(27(22)2)17-6-4-5-7-18(17)23/h4-13H,3,14H2,1-2H3,(H,24,28)/b13-10+. The number of halogens is 1. The lowest BCUT2D eigenvalue weighted by molar-refractivity contribution is -0.137. The highest BCUT2D eigenvalue weighted by Crippen LogP contribution is 2.24. The predicted octanol–water partition coefficient (Wildman–Crippen LogP) is 3.93. The maximum Gasteiger partial charge on any atom is 0.330 e. The van der Waals surface area contributed by atoms with Crippen molar-refractivity contribution in [1.29, 1.82) is 0 Å². The Labute approximate surface area is 183 Å². The molecule has 160 valence electrons. The largest absolute Gasteiger partial charge is 0.463 e. The first-order chi connectivity index (χ1) is 15.0. The summed E-state index contributed by atoms with van der Waals surface area (Å²) in [5.74, 6) is -0.484. The summed E-state index contributed by atoms with van der Waals surface area (Å²) in [4.78, 5) is 23.6. The van der Waals surface area contributed by atoms with E-state index >= 15 is 0 Å². The average molecular weight is 441 g/mol. The van der Waals surface area contributed by atoms with E-state index in [1.165, 1.54) is 23.9 Å². The van der Waals surface area contributed by atoms with Crippen LogP contribution in [0.3, 0.4) is 0 Å². The van der Waals surface area contributed by atoms with Gasteiger partial charge in [0.25, 0.3) is 0 Å². The van der Waals surface area contributed by atoms with Gasteiger partial charge in [-0.15, -0.1) is 10.2 Å². The quantitative estimate of drug-likeness (QED) is 0.325. The highest BCUT2D eigenvalue weighted by Gasteiger charge is 2.15. The van der Waals surface area contributed by atoms with Gasteiger partial charge in [-0.1, -0.05) is 36.0 Å². The van der Waals surface area contributed by atoms with Crippen LogP contribution in [0.5, 0.6) is 0 Å². The molecule has 0 bridgehead atoms. The number of anilines is 1. The number of nitrogens with one attached hydrogen (secondary N) is 1. The van der Waals surface area contributed by atoms with E-state index in [1.807, 2.05) is 0 Å². The number of nitrogens with zero attached hydrogens (tertiary/aromatic N) is 3. The molecule has 0 aliphatic carbocycles. The molecule has 0 atom stereocenters. The van der Waals surface area contributed by atoms with Crippen LogP contribution in [0.2, 0.25) is 0 Å². The van der Waals surface area contributed by atoms with E-state index in [9.17, 15) is 14.0 Å². The van der Waals surface area contributed by atoms with E-state index in [2.05, 4.69) is 15.5 Å². The zero-order valence-electron chi connectivity index (χ0n) is 17.0. The van der Waals surface area contributed by atoms with Crippen molar-refractivity contribution in [3.63, 3.8) is 0 Å². The number of amides is 1. The van der Waals surface area contributed by atoms with Crippen LogP contribution >= 0.6 is 11.8 Å². The molecule has 0 saturated carbocycles. The molecular formula is C22H21FN4O3S. The smallest absolute Gasteiger partial charge is 0.330 e. The Hall–Kier alpha value is -3.46. The van der Waals surface area contributed by atoms with E-state index in [-0.39, 0.29) is 17.5 Å². The molecule has 3 rings (SSSR count). The van der Waals surface area contributed by atoms with E-state index in [1.54, 1.807) is 67.1 Å². The maximum absolute atomic E-state index is 14.0. The van der Waals surface area contributed by atoms with Crippen LogP contribution in [0.4, 0.5) is 10.1 Å². The van der Waals surface area contributed by atoms with Gasteiger partial charge in [-0.2, -0.15) is 0 Å². The molecule has 1 amide bonds. The fraction of sp³-hybridized carbons (Fsp3) is 0.182. The number of benzene rings is 2. The molecule has 0 unspecified atom stereocenters. The third kappa shape index (κ3) is 6.02. The van der Waals surface area contributed by atoms with Crippen molar-refractivity contribution in [3.8, 4) is 11.4 Å². The molecule has 7 nitrogen and oxygen atoms in total. The number of thioether (sulfide) groups is 1. The second-order valence-corrected chi connectivity index (χ2v) is 7.33. The lowest BCUT2D eigenvalue weighted by atomic mass is 10.2. The van der Waals surface area contributed by atoms with Gasteiger partial charge in [0.2, 0.25) is 5.91 Å². The zero-order chi connectivity index (χ0) is 22.2. The number of carbonyl (C=O) groups is 2. The van der Waals surface area contributed by atoms with Gasteiger partial charge in [0.15, 0.2) is 11.0 Å². The minimum absolute atomic E-state index is 0.119. The maximum atomic E-state index is 14.0. The second kappa shape index (κ2) is 10.5. The molecule has 1 aromatic heterocycles. The SMILES string of the molecule is CCOC(=O)/C=C/c1ccc(NC(=O)CSc2nnc(-c3ccccc3F)n2C)cc1. The van der Waals surface area contributed by atoms with Crippen LogP contribution in [0, 0.1) is 5.82 Å². The van der Waals surface area contributed by atoms with E-state index in [0.717, 1.165) is 5.56 Å². The van der Waals surface area contributed by atoms with Crippen molar-refractivity contribution in [3.05, 3.63) is 66.0 Å². The summed E-state index contributed by atoms with van der Waals surface area (Å²) in [5.41, 5.74) is 1.79. The highest BCUT2D eigenvalue weighted by atomic mass is 32.2. The lowest BCUT2D eigenvalue weighted by Crippen LogP contribution is -2.14. The molecule has 0 fully saturated rings. The first-order valence-electron chi connectivity index (χ1n) is 9.49. The summed E-state index contributed by atoms with van der Waals surface area (Å²) in [6.07, 6.45) is 2.99. The van der Waals surface area contributed by atoms with Crippen molar-refractivity contribution in [2.45, 2.75) is 12.1 Å².